The number of hydrogen-bond acceptors (Lipinski definition) is 12. The molecule has 0 spiro atoms. The van der Waals surface area contributed by atoms with Crippen LogP contribution in [-0.2, 0) is 41.1 Å². The predicted octanol–water partition coefficient (Wildman–Crippen LogP) is 6.55. The van der Waals surface area contributed by atoms with E-state index in [0.29, 0.717) is 10.3 Å². The fourth-order valence-corrected chi connectivity index (χ4v) is 6.55. The lowest BCUT2D eigenvalue weighted by Gasteiger charge is -2.24. The lowest BCUT2D eigenvalue weighted by atomic mass is 10.0. The summed E-state index contributed by atoms with van der Waals surface area (Å²) in [7, 11) is -3.33. The second kappa shape index (κ2) is 19.2. The summed E-state index contributed by atoms with van der Waals surface area (Å²) in [6, 6.07) is 7.95. The lowest BCUT2D eigenvalue weighted by molar-refractivity contribution is -0.605. The number of aromatic nitrogens is 1. The molecule has 0 bridgehead atoms. The van der Waals surface area contributed by atoms with Crippen LogP contribution in [0.15, 0.2) is 48.8 Å². The topological polar surface area (TPSA) is 171 Å². The number of pyridine rings is 1. The first kappa shape index (κ1) is 43.5. The first-order valence-corrected chi connectivity index (χ1v) is 19.9. The van der Waals surface area contributed by atoms with Crippen LogP contribution in [0.1, 0.15) is 80.5 Å². The van der Waals surface area contributed by atoms with Gasteiger partial charge in [0.1, 0.15) is 40.7 Å². The Morgan fingerprint density at radius 1 is 0.912 bits per heavy atom. The standard InChI is InChI=1S/C38H42Cl2F2N2O12S/c1-38(2,3)56-35(46)19-44(57(49)50)29-10-8-25(15-32(29)52-20-22-4-5-22)36(47)51-13-12-34(45)54-31(16-26-27(39)17-43(48)18-28(26)40)24-9-11-30(55-37(41)42)33(14-24)53-21-23-6-7-23/h8-11,14-15,17-18,22-23,31,37,57H,4-7,12-13,16,19-21H2,1-3H3. The monoisotopic (exact) mass is 858 g/mol. The zero-order valence-corrected chi connectivity index (χ0v) is 33.7. The van der Waals surface area contributed by atoms with E-state index in [1.54, 1.807) is 20.8 Å². The fourth-order valence-electron chi connectivity index (χ4n) is 5.38. The number of thiol groups is 1. The van der Waals surface area contributed by atoms with Crippen molar-refractivity contribution in [3.05, 3.63) is 80.7 Å². The lowest BCUT2D eigenvalue weighted by Crippen LogP contribution is -2.34. The Balaban J connectivity index is 1.30. The van der Waals surface area contributed by atoms with Crippen molar-refractivity contribution in [2.45, 2.75) is 77.6 Å². The molecular formula is C38H42Cl2F2N2O12S. The minimum atomic E-state index is -3.33. The third kappa shape index (κ3) is 13.5. The first-order valence-electron chi connectivity index (χ1n) is 18.0. The quantitative estimate of drug-likeness (QED) is 0.0428. The molecule has 0 aliphatic heterocycles. The molecule has 5 rings (SSSR count). The zero-order valence-electron chi connectivity index (χ0n) is 31.3. The summed E-state index contributed by atoms with van der Waals surface area (Å²) in [5.41, 5.74) is -0.303. The number of carbonyl (C=O) groups excluding carboxylic acids is 3. The molecule has 2 aliphatic rings. The van der Waals surface area contributed by atoms with Crippen molar-refractivity contribution in [3.8, 4) is 17.2 Å². The second-order valence-corrected chi connectivity index (χ2v) is 16.3. The normalized spacial score (nSPS) is 14.5. The van der Waals surface area contributed by atoms with Crippen molar-refractivity contribution in [1.29, 1.82) is 0 Å². The van der Waals surface area contributed by atoms with Crippen molar-refractivity contribution >= 4 is 57.7 Å². The highest BCUT2D eigenvalue weighted by molar-refractivity contribution is 7.74. The molecular weight excluding hydrogens is 817 g/mol. The van der Waals surface area contributed by atoms with Gasteiger partial charge in [-0.2, -0.15) is 13.5 Å². The molecule has 2 fully saturated rings. The van der Waals surface area contributed by atoms with Crippen LogP contribution in [0.2, 0.25) is 10.0 Å². The maximum atomic E-state index is 13.2. The number of rotatable bonds is 20. The number of nitrogens with zero attached hydrogens (tertiary/aromatic N) is 2. The Hall–Kier alpha value is -4.61. The summed E-state index contributed by atoms with van der Waals surface area (Å²) < 4.78 is 84.9. The number of ether oxygens (including phenoxy) is 6. The van der Waals surface area contributed by atoms with E-state index in [1.807, 2.05) is 0 Å². The summed E-state index contributed by atoms with van der Waals surface area (Å²) in [4.78, 5) is 38.9. The van der Waals surface area contributed by atoms with E-state index in [9.17, 15) is 36.8 Å². The maximum absolute atomic E-state index is 13.2. The number of carbonyl (C=O) groups is 3. The Morgan fingerprint density at radius 3 is 2.12 bits per heavy atom. The van der Waals surface area contributed by atoms with Gasteiger partial charge in [0.2, 0.25) is 10.9 Å². The van der Waals surface area contributed by atoms with Gasteiger partial charge in [-0.3, -0.25) is 13.9 Å². The van der Waals surface area contributed by atoms with Crippen LogP contribution >= 0.6 is 23.2 Å². The highest BCUT2D eigenvalue weighted by atomic mass is 35.5. The van der Waals surface area contributed by atoms with Crippen LogP contribution in [0.25, 0.3) is 0 Å². The summed E-state index contributed by atoms with van der Waals surface area (Å²) >= 11 is 12.7. The molecule has 310 valence electrons. The number of benzene rings is 2. The van der Waals surface area contributed by atoms with E-state index in [1.165, 1.54) is 36.4 Å². The molecule has 57 heavy (non-hydrogen) atoms. The predicted molar refractivity (Wildman–Crippen MR) is 202 cm³/mol. The van der Waals surface area contributed by atoms with Crippen LogP contribution in [0.4, 0.5) is 14.5 Å². The molecule has 2 aromatic carbocycles. The van der Waals surface area contributed by atoms with Crippen molar-refractivity contribution in [1.82, 2.24) is 0 Å². The van der Waals surface area contributed by atoms with E-state index in [2.05, 4.69) is 4.74 Å². The minimum absolute atomic E-state index is 0.00101. The Bertz CT molecular complexity index is 1990. The summed E-state index contributed by atoms with van der Waals surface area (Å²) in [5, 5.41) is 11.9. The molecule has 0 amide bonds. The van der Waals surface area contributed by atoms with Crippen molar-refractivity contribution < 1.29 is 64.7 Å². The fraction of sp³-hybridized carbons (Fsp3) is 0.474. The summed E-state index contributed by atoms with van der Waals surface area (Å²) in [5.74, 6) is -2.16. The van der Waals surface area contributed by atoms with Gasteiger partial charge in [-0.1, -0.05) is 29.3 Å². The molecule has 2 aliphatic carbocycles. The Kier molecular flexibility index (Phi) is 14.7. The molecule has 19 heteroatoms. The number of alkyl halides is 2. The second-order valence-electron chi connectivity index (χ2n) is 14.5. The molecule has 1 aromatic heterocycles. The van der Waals surface area contributed by atoms with E-state index in [-0.39, 0.29) is 75.6 Å². The smallest absolute Gasteiger partial charge is 0.387 e. The Labute approximate surface area is 339 Å². The average Bonchev–Trinajstić information content (AvgIpc) is 4.05. The highest BCUT2D eigenvalue weighted by Crippen LogP contribution is 2.38. The first-order chi connectivity index (χ1) is 26.9. The van der Waals surface area contributed by atoms with Gasteiger partial charge in [0.15, 0.2) is 23.9 Å². The van der Waals surface area contributed by atoms with Gasteiger partial charge in [-0.15, -0.1) is 0 Å². The highest BCUT2D eigenvalue weighted by Gasteiger charge is 2.29. The minimum Gasteiger partial charge on any atom is -0.619 e. The number of anilines is 1. The number of esters is 3. The van der Waals surface area contributed by atoms with E-state index < -0.39 is 66.7 Å². The van der Waals surface area contributed by atoms with E-state index >= 15 is 0 Å². The molecule has 1 atom stereocenters. The van der Waals surface area contributed by atoms with Gasteiger partial charge < -0.3 is 33.6 Å². The zero-order chi connectivity index (χ0) is 41.4. The Morgan fingerprint density at radius 2 is 1.54 bits per heavy atom. The number of halogens is 4. The van der Waals surface area contributed by atoms with E-state index in [0.717, 1.165) is 42.4 Å². The molecule has 0 radical (unpaired) electrons. The van der Waals surface area contributed by atoms with Crippen LogP contribution in [0.3, 0.4) is 0 Å². The van der Waals surface area contributed by atoms with Gasteiger partial charge in [-0.05, 0) is 94.2 Å². The average molecular weight is 860 g/mol. The maximum Gasteiger partial charge on any atom is 0.387 e. The molecule has 1 heterocycles. The van der Waals surface area contributed by atoms with Gasteiger partial charge in [0.05, 0.1) is 30.9 Å². The van der Waals surface area contributed by atoms with Crippen LogP contribution in [0, 0.1) is 17.0 Å². The van der Waals surface area contributed by atoms with Gasteiger partial charge in [0, 0.05) is 12.0 Å². The largest absolute Gasteiger partial charge is 0.619 e. The van der Waals surface area contributed by atoms with Gasteiger partial charge in [-0.25, -0.2) is 13.2 Å². The molecule has 1 unspecified atom stereocenters. The van der Waals surface area contributed by atoms with Crippen LogP contribution < -0.4 is 23.2 Å². The van der Waals surface area contributed by atoms with Gasteiger partial charge >= 0.3 is 24.5 Å². The molecule has 3 aromatic rings. The van der Waals surface area contributed by atoms with Crippen LogP contribution in [-0.4, -0.2) is 64.9 Å². The van der Waals surface area contributed by atoms with Gasteiger partial charge in [0.25, 0.3) is 0 Å². The molecule has 0 saturated heterocycles. The molecule has 14 nitrogen and oxygen atoms in total. The summed E-state index contributed by atoms with van der Waals surface area (Å²) in [6.07, 6.45) is 4.13. The molecule has 2 saturated carbocycles. The van der Waals surface area contributed by atoms with Crippen LogP contribution in [0.5, 0.6) is 17.2 Å². The van der Waals surface area contributed by atoms with Crippen molar-refractivity contribution in [2.75, 3.05) is 30.7 Å². The van der Waals surface area contributed by atoms with Crippen molar-refractivity contribution in [3.63, 3.8) is 0 Å². The molecule has 0 N–H and O–H groups in total. The van der Waals surface area contributed by atoms with Crippen molar-refractivity contribution in [2.24, 2.45) is 11.8 Å². The third-order valence-corrected chi connectivity index (χ3v) is 9.93. The third-order valence-electron chi connectivity index (χ3n) is 8.53. The van der Waals surface area contributed by atoms with E-state index in [4.69, 9.17) is 46.9 Å². The summed E-state index contributed by atoms with van der Waals surface area (Å²) in [6.45, 7) is 1.25. The number of hydrogen-bond donors (Lipinski definition) is 1. The SMILES string of the molecule is CC(C)(C)OC(=O)CN(c1ccc(C(=O)OCCC(=O)OC(Cc2c(Cl)c[n+]([O-])cc2Cl)c2ccc(OC(F)F)c(OCC3CC3)c2)cc1OCC1CC1)[SH](=O)=O.